The molecule has 15 heteroatoms. The Bertz CT molecular complexity index is 1620. The van der Waals surface area contributed by atoms with Crippen molar-refractivity contribution in [3.05, 3.63) is 94.3 Å². The maximum absolute atomic E-state index is 14.0. The molecule has 0 aromatic heterocycles. The Hall–Kier alpha value is -4.56. The molecule has 3 aromatic rings. The summed E-state index contributed by atoms with van der Waals surface area (Å²) in [4.78, 5) is 51.8. The Kier molecular flexibility index (Phi) is 9.11. The summed E-state index contributed by atoms with van der Waals surface area (Å²) in [6, 6.07) is 10.6. The second kappa shape index (κ2) is 13.0. The van der Waals surface area contributed by atoms with Crippen LogP contribution in [0.4, 0.5) is 4.39 Å². The van der Waals surface area contributed by atoms with Crippen LogP contribution >= 0.6 is 0 Å². The first kappa shape index (κ1) is 30.9. The molecule has 2 heterocycles. The van der Waals surface area contributed by atoms with Crippen molar-refractivity contribution in [1.82, 2.24) is 16.0 Å². The quantitative estimate of drug-likeness (QED) is 0.167. The van der Waals surface area contributed by atoms with Gasteiger partial charge >= 0.3 is 20.2 Å². The Morgan fingerprint density at radius 1 is 0.841 bits per heavy atom. The summed E-state index contributed by atoms with van der Waals surface area (Å²) in [6.45, 7) is 1.84. The molecule has 0 saturated carbocycles. The van der Waals surface area contributed by atoms with Crippen molar-refractivity contribution in [1.29, 1.82) is 0 Å². The van der Waals surface area contributed by atoms with Gasteiger partial charge in [0.25, 0.3) is 11.8 Å². The van der Waals surface area contributed by atoms with Crippen LogP contribution in [0.1, 0.15) is 56.8 Å². The standard InChI is InChI=1S/C29H28B2FN3O9/c1-15(33-27(38)17-5-7-19-13-43-30(41)22(19)10-17)26(35-28(39)18-6-8-20-14-44-31(42)23(20)11-18)29(40)34-24(12-25(36)37)16-3-2-4-21(32)9-16/h2-11,15,24,26,41-42H,12-14H2,1H3,(H,33,38)(H,34,40)(H,35,39)(H,36,37)/t15-,24?,26-/m0/s1. The molecule has 2 aliphatic heterocycles. The van der Waals surface area contributed by atoms with E-state index in [0.29, 0.717) is 16.5 Å². The van der Waals surface area contributed by atoms with Crippen molar-refractivity contribution in [2.24, 2.45) is 0 Å². The average molecular weight is 603 g/mol. The Balaban J connectivity index is 1.40. The summed E-state index contributed by atoms with van der Waals surface area (Å²) < 4.78 is 24.3. The minimum Gasteiger partial charge on any atom is -0.481 e. The van der Waals surface area contributed by atoms with Gasteiger partial charge in [-0.1, -0.05) is 24.3 Å². The van der Waals surface area contributed by atoms with Gasteiger partial charge in [-0.3, -0.25) is 19.2 Å². The van der Waals surface area contributed by atoms with Crippen LogP contribution in [0, 0.1) is 5.82 Å². The number of benzene rings is 3. The molecule has 226 valence electrons. The number of carbonyl (C=O) groups excluding carboxylic acids is 3. The number of carbonyl (C=O) groups is 4. The lowest BCUT2D eigenvalue weighted by molar-refractivity contribution is -0.137. The molecule has 44 heavy (non-hydrogen) atoms. The monoisotopic (exact) mass is 603 g/mol. The number of aliphatic carboxylic acids is 1. The molecule has 0 radical (unpaired) electrons. The van der Waals surface area contributed by atoms with Crippen molar-refractivity contribution < 1.29 is 48.0 Å². The van der Waals surface area contributed by atoms with Crippen LogP contribution in [-0.2, 0) is 32.1 Å². The fourth-order valence-corrected chi connectivity index (χ4v) is 5.14. The van der Waals surface area contributed by atoms with E-state index in [1.165, 1.54) is 49.4 Å². The number of carboxylic acids is 1. The van der Waals surface area contributed by atoms with Gasteiger partial charge in [-0.05, 0) is 70.9 Å². The molecule has 6 N–H and O–H groups in total. The number of carboxylic acid groups (broad SMARTS) is 1. The summed E-state index contributed by atoms with van der Waals surface area (Å²) >= 11 is 0. The SMILES string of the molecule is C[C@H](NC(=O)c1ccc2c(c1)B(O)OC2)[C@H](NC(=O)c1ccc2c(c1)B(O)OC2)C(=O)NC(CC(=O)O)c1cccc(F)c1. The van der Waals surface area contributed by atoms with Gasteiger partial charge in [-0.2, -0.15) is 0 Å². The number of rotatable bonds is 10. The minimum absolute atomic E-state index is 0.101. The lowest BCUT2D eigenvalue weighted by Gasteiger charge is -2.28. The summed E-state index contributed by atoms with van der Waals surface area (Å²) in [7, 11) is -2.40. The predicted molar refractivity (Wildman–Crippen MR) is 155 cm³/mol. The maximum atomic E-state index is 14.0. The summed E-state index contributed by atoms with van der Waals surface area (Å²) in [5.41, 5.74) is 2.71. The topological polar surface area (TPSA) is 184 Å². The van der Waals surface area contributed by atoms with E-state index in [4.69, 9.17) is 9.31 Å². The number of nitrogens with one attached hydrogen (secondary N) is 3. The van der Waals surface area contributed by atoms with Gasteiger partial charge in [0.05, 0.1) is 31.7 Å². The molecule has 3 atom stereocenters. The zero-order chi connectivity index (χ0) is 31.5. The minimum atomic E-state index is -1.44. The van der Waals surface area contributed by atoms with E-state index in [-0.39, 0.29) is 29.9 Å². The molecule has 3 amide bonds. The van der Waals surface area contributed by atoms with Crippen LogP contribution in [0.3, 0.4) is 0 Å². The van der Waals surface area contributed by atoms with Crippen LogP contribution in [0.25, 0.3) is 0 Å². The van der Waals surface area contributed by atoms with Crippen molar-refractivity contribution in [2.45, 2.75) is 44.7 Å². The molecule has 5 rings (SSSR count). The fraction of sp³-hybridized carbons (Fsp3) is 0.241. The van der Waals surface area contributed by atoms with Crippen LogP contribution in [0.15, 0.2) is 60.7 Å². The third-order valence-electron chi connectivity index (χ3n) is 7.52. The zero-order valence-electron chi connectivity index (χ0n) is 23.5. The Labute approximate surface area is 251 Å². The lowest BCUT2D eigenvalue weighted by atomic mass is 9.78. The molecule has 3 aromatic carbocycles. The van der Waals surface area contributed by atoms with Gasteiger partial charge in [0.1, 0.15) is 11.9 Å². The molecule has 0 bridgehead atoms. The van der Waals surface area contributed by atoms with Crippen molar-refractivity contribution in [3.63, 3.8) is 0 Å². The van der Waals surface area contributed by atoms with Crippen molar-refractivity contribution >= 4 is 48.9 Å². The molecule has 0 fully saturated rings. The normalized spacial score (nSPS) is 15.5. The number of halogens is 1. The molecule has 1 unspecified atom stereocenters. The molecule has 0 aliphatic carbocycles. The summed E-state index contributed by atoms with van der Waals surface area (Å²) in [5.74, 6) is -4.07. The number of hydrogen-bond donors (Lipinski definition) is 6. The highest BCUT2D eigenvalue weighted by molar-refractivity contribution is 6.62. The van der Waals surface area contributed by atoms with Crippen molar-refractivity contribution in [2.75, 3.05) is 0 Å². The Morgan fingerprint density at radius 3 is 1.95 bits per heavy atom. The number of hydrogen-bond acceptors (Lipinski definition) is 8. The van der Waals surface area contributed by atoms with E-state index >= 15 is 0 Å². The van der Waals surface area contributed by atoms with Gasteiger partial charge in [0.15, 0.2) is 0 Å². The largest absolute Gasteiger partial charge is 0.491 e. The third kappa shape index (κ3) is 6.81. The van der Waals surface area contributed by atoms with Crippen LogP contribution < -0.4 is 26.9 Å². The number of fused-ring (bicyclic) bond motifs is 2. The van der Waals surface area contributed by atoms with E-state index in [0.717, 1.165) is 11.6 Å². The Morgan fingerprint density at radius 2 is 1.41 bits per heavy atom. The first-order valence-corrected chi connectivity index (χ1v) is 13.7. The summed E-state index contributed by atoms with van der Waals surface area (Å²) in [6.07, 6.45) is -0.584. The van der Waals surface area contributed by atoms with Crippen LogP contribution in [0.5, 0.6) is 0 Å². The second-order valence-corrected chi connectivity index (χ2v) is 10.6. The van der Waals surface area contributed by atoms with Gasteiger partial charge < -0.3 is 40.4 Å². The average Bonchev–Trinajstić information content (AvgIpc) is 3.56. The predicted octanol–water partition coefficient (Wildman–Crippen LogP) is -0.490. The molecule has 0 spiro atoms. The van der Waals surface area contributed by atoms with Gasteiger partial charge in [-0.15, -0.1) is 0 Å². The lowest BCUT2D eigenvalue weighted by Crippen LogP contribution is -2.58. The molecule has 0 saturated heterocycles. The highest BCUT2D eigenvalue weighted by Crippen LogP contribution is 2.19. The molecular formula is C29H28B2FN3O9. The van der Waals surface area contributed by atoms with E-state index in [9.17, 15) is 38.7 Å². The molecular weight excluding hydrogens is 575 g/mol. The second-order valence-electron chi connectivity index (χ2n) is 10.6. The zero-order valence-corrected chi connectivity index (χ0v) is 23.5. The smallest absolute Gasteiger partial charge is 0.481 e. The highest BCUT2D eigenvalue weighted by atomic mass is 19.1. The fourth-order valence-electron chi connectivity index (χ4n) is 5.14. The maximum Gasteiger partial charge on any atom is 0.491 e. The van der Waals surface area contributed by atoms with Crippen LogP contribution in [0.2, 0.25) is 0 Å². The first-order chi connectivity index (χ1) is 21.0. The van der Waals surface area contributed by atoms with E-state index in [1.54, 1.807) is 12.1 Å². The molecule has 2 aliphatic rings. The van der Waals surface area contributed by atoms with Crippen LogP contribution in [-0.4, -0.2) is 65.2 Å². The van der Waals surface area contributed by atoms with E-state index < -0.39 is 68.3 Å². The van der Waals surface area contributed by atoms with E-state index in [2.05, 4.69) is 16.0 Å². The molecule has 12 nitrogen and oxygen atoms in total. The summed E-state index contributed by atoms with van der Waals surface area (Å²) in [5, 5.41) is 37.4. The van der Waals surface area contributed by atoms with Gasteiger partial charge in [0, 0.05) is 11.1 Å². The van der Waals surface area contributed by atoms with Gasteiger partial charge in [0.2, 0.25) is 5.91 Å². The van der Waals surface area contributed by atoms with Gasteiger partial charge in [-0.25, -0.2) is 4.39 Å². The third-order valence-corrected chi connectivity index (χ3v) is 7.52. The van der Waals surface area contributed by atoms with Crippen molar-refractivity contribution in [3.8, 4) is 0 Å². The number of amides is 3. The highest BCUT2D eigenvalue weighted by Gasteiger charge is 2.34. The first-order valence-electron chi connectivity index (χ1n) is 13.7. The van der Waals surface area contributed by atoms with E-state index in [1.807, 2.05) is 0 Å².